The summed E-state index contributed by atoms with van der Waals surface area (Å²) < 4.78 is 0. The third kappa shape index (κ3) is 3.56. The van der Waals surface area contributed by atoms with E-state index in [1.165, 1.54) is 0 Å². The Labute approximate surface area is 112 Å². The Bertz CT molecular complexity index is 442. The van der Waals surface area contributed by atoms with Crippen LogP contribution in [0.1, 0.15) is 26.1 Å². The first kappa shape index (κ1) is 13.6. The maximum atomic E-state index is 12.0. The number of H-pyrrole nitrogens is 1. The van der Waals surface area contributed by atoms with Crippen LogP contribution in [0.5, 0.6) is 0 Å². The minimum Gasteiger partial charge on any atom is -0.349 e. The predicted octanol–water partition coefficient (Wildman–Crippen LogP) is 0.530. The van der Waals surface area contributed by atoms with E-state index in [0.717, 1.165) is 12.4 Å². The van der Waals surface area contributed by atoms with Crippen molar-refractivity contribution in [1.29, 1.82) is 0 Å². The van der Waals surface area contributed by atoms with Crippen molar-refractivity contribution in [3.05, 3.63) is 18.2 Å². The van der Waals surface area contributed by atoms with Crippen molar-refractivity contribution in [3.8, 4) is 0 Å². The highest BCUT2D eigenvalue weighted by Gasteiger charge is 2.34. The number of hydrogen-bond donors (Lipinski definition) is 2. The van der Waals surface area contributed by atoms with Crippen LogP contribution in [0.3, 0.4) is 0 Å². The van der Waals surface area contributed by atoms with Gasteiger partial charge in [0.05, 0.1) is 12.5 Å². The van der Waals surface area contributed by atoms with E-state index in [2.05, 4.69) is 29.1 Å². The molecule has 2 N–H and O–H groups in total. The van der Waals surface area contributed by atoms with E-state index in [1.54, 1.807) is 17.3 Å². The number of amides is 2. The van der Waals surface area contributed by atoms with E-state index in [0.29, 0.717) is 25.4 Å². The van der Waals surface area contributed by atoms with Gasteiger partial charge in [-0.3, -0.25) is 9.59 Å². The molecule has 0 aliphatic carbocycles. The van der Waals surface area contributed by atoms with Crippen molar-refractivity contribution in [2.45, 2.75) is 26.8 Å². The molecule has 1 aliphatic rings. The van der Waals surface area contributed by atoms with Crippen molar-refractivity contribution in [2.24, 2.45) is 11.8 Å². The van der Waals surface area contributed by atoms with E-state index >= 15 is 0 Å². The minimum absolute atomic E-state index is 0.0731. The van der Waals surface area contributed by atoms with E-state index in [9.17, 15) is 9.59 Å². The Hall–Kier alpha value is -1.85. The van der Waals surface area contributed by atoms with Gasteiger partial charge in [-0.1, -0.05) is 13.8 Å². The summed E-state index contributed by atoms with van der Waals surface area (Å²) >= 11 is 0. The molecule has 1 saturated heterocycles. The monoisotopic (exact) mass is 264 g/mol. The average Bonchev–Trinajstić information content (AvgIpc) is 2.96. The lowest BCUT2D eigenvalue weighted by molar-refractivity contribution is -0.129. The number of carbonyl (C=O) groups is 2. The number of nitrogens with one attached hydrogen (secondary N) is 2. The summed E-state index contributed by atoms with van der Waals surface area (Å²) in [4.78, 5) is 32.5. The molecule has 6 nitrogen and oxygen atoms in total. The van der Waals surface area contributed by atoms with Gasteiger partial charge in [0.1, 0.15) is 5.82 Å². The molecule has 1 aromatic heterocycles. The van der Waals surface area contributed by atoms with Crippen LogP contribution in [0.15, 0.2) is 12.4 Å². The summed E-state index contributed by atoms with van der Waals surface area (Å²) in [6, 6.07) is 0. The first-order chi connectivity index (χ1) is 9.06. The molecule has 0 radical (unpaired) electrons. The second kappa shape index (κ2) is 5.86. The van der Waals surface area contributed by atoms with Crippen LogP contribution in [0, 0.1) is 11.8 Å². The number of nitrogens with zero attached hydrogens (tertiary/aromatic N) is 2. The molecule has 19 heavy (non-hydrogen) atoms. The second-order valence-corrected chi connectivity index (χ2v) is 5.35. The predicted molar refractivity (Wildman–Crippen MR) is 70.0 cm³/mol. The maximum absolute atomic E-state index is 12.0. The van der Waals surface area contributed by atoms with Gasteiger partial charge in [-0.15, -0.1) is 0 Å². The number of imidazole rings is 1. The van der Waals surface area contributed by atoms with Gasteiger partial charge in [-0.2, -0.15) is 0 Å². The van der Waals surface area contributed by atoms with Crippen molar-refractivity contribution in [2.75, 3.05) is 13.1 Å². The number of hydrogen-bond acceptors (Lipinski definition) is 3. The van der Waals surface area contributed by atoms with Crippen molar-refractivity contribution >= 4 is 11.8 Å². The van der Waals surface area contributed by atoms with E-state index < -0.39 is 0 Å². The number of rotatable bonds is 5. The van der Waals surface area contributed by atoms with Gasteiger partial charge in [-0.05, 0) is 5.92 Å². The van der Waals surface area contributed by atoms with Crippen LogP contribution in [0.4, 0.5) is 0 Å². The van der Waals surface area contributed by atoms with Crippen LogP contribution in [-0.4, -0.2) is 39.8 Å². The minimum atomic E-state index is -0.235. The molecule has 0 bridgehead atoms. The quantitative estimate of drug-likeness (QED) is 0.814. The number of aromatic nitrogens is 2. The van der Waals surface area contributed by atoms with Gasteiger partial charge in [-0.25, -0.2) is 4.98 Å². The smallest absolute Gasteiger partial charge is 0.225 e. The third-order valence-corrected chi connectivity index (χ3v) is 3.16. The molecule has 0 spiro atoms. The van der Waals surface area contributed by atoms with Crippen molar-refractivity contribution in [3.63, 3.8) is 0 Å². The Morgan fingerprint density at radius 1 is 1.63 bits per heavy atom. The molecule has 1 atom stereocenters. The highest BCUT2D eigenvalue weighted by atomic mass is 16.2. The van der Waals surface area contributed by atoms with Gasteiger partial charge in [0.25, 0.3) is 0 Å². The molecule has 1 unspecified atom stereocenters. The summed E-state index contributed by atoms with van der Waals surface area (Å²) in [5, 5.41) is 2.81. The summed E-state index contributed by atoms with van der Waals surface area (Å²) in [7, 11) is 0. The first-order valence-corrected chi connectivity index (χ1v) is 6.60. The van der Waals surface area contributed by atoms with Gasteiger partial charge in [0.15, 0.2) is 0 Å². The van der Waals surface area contributed by atoms with E-state index in [1.807, 2.05) is 0 Å². The van der Waals surface area contributed by atoms with Crippen LogP contribution in [0.2, 0.25) is 0 Å². The number of likely N-dealkylation sites (tertiary alicyclic amines) is 1. The van der Waals surface area contributed by atoms with Crippen LogP contribution < -0.4 is 5.32 Å². The SMILES string of the molecule is CC(C)CN1CC(C(=O)NCc2ncc[nH]2)CC1=O. The standard InChI is InChI=1S/C13H20N4O2/c1-9(2)7-17-8-10(5-12(17)18)13(19)16-6-11-14-3-4-15-11/h3-4,9-10H,5-8H2,1-2H3,(H,14,15)(H,16,19). The van der Waals surface area contributed by atoms with Gasteiger partial charge >= 0.3 is 0 Å². The summed E-state index contributed by atoms with van der Waals surface area (Å²) in [6.07, 6.45) is 3.67. The van der Waals surface area contributed by atoms with Crippen LogP contribution in [0.25, 0.3) is 0 Å². The summed E-state index contributed by atoms with van der Waals surface area (Å²) in [6.45, 7) is 5.76. The fraction of sp³-hybridized carbons (Fsp3) is 0.615. The Morgan fingerprint density at radius 2 is 2.42 bits per heavy atom. The zero-order valence-electron chi connectivity index (χ0n) is 11.3. The van der Waals surface area contributed by atoms with Crippen molar-refractivity contribution in [1.82, 2.24) is 20.2 Å². The molecule has 1 aromatic rings. The van der Waals surface area contributed by atoms with Gasteiger partial charge < -0.3 is 15.2 Å². The molecule has 2 amide bonds. The topological polar surface area (TPSA) is 78.1 Å². The van der Waals surface area contributed by atoms with Crippen LogP contribution in [-0.2, 0) is 16.1 Å². The lowest BCUT2D eigenvalue weighted by Gasteiger charge is -2.18. The molecule has 6 heteroatoms. The largest absolute Gasteiger partial charge is 0.349 e. The Morgan fingerprint density at radius 3 is 3.05 bits per heavy atom. The molecular formula is C13H20N4O2. The molecule has 2 heterocycles. The molecule has 1 fully saturated rings. The zero-order valence-corrected chi connectivity index (χ0v) is 11.3. The molecular weight excluding hydrogens is 244 g/mol. The molecule has 0 aromatic carbocycles. The van der Waals surface area contributed by atoms with E-state index in [4.69, 9.17) is 0 Å². The van der Waals surface area contributed by atoms with Crippen molar-refractivity contribution < 1.29 is 9.59 Å². The lowest BCUT2D eigenvalue weighted by Crippen LogP contribution is -2.34. The maximum Gasteiger partial charge on any atom is 0.225 e. The van der Waals surface area contributed by atoms with Crippen LogP contribution >= 0.6 is 0 Å². The molecule has 2 rings (SSSR count). The second-order valence-electron chi connectivity index (χ2n) is 5.35. The first-order valence-electron chi connectivity index (χ1n) is 6.60. The number of aromatic amines is 1. The Balaban J connectivity index is 1.82. The highest BCUT2D eigenvalue weighted by Crippen LogP contribution is 2.19. The van der Waals surface area contributed by atoms with Gasteiger partial charge in [0.2, 0.25) is 11.8 Å². The van der Waals surface area contributed by atoms with Gasteiger partial charge in [0, 0.05) is 31.9 Å². The molecule has 104 valence electrons. The zero-order chi connectivity index (χ0) is 13.8. The fourth-order valence-electron chi connectivity index (χ4n) is 2.27. The lowest BCUT2D eigenvalue weighted by atomic mass is 10.1. The third-order valence-electron chi connectivity index (χ3n) is 3.16. The highest BCUT2D eigenvalue weighted by molar-refractivity contribution is 5.89. The summed E-state index contributed by atoms with van der Waals surface area (Å²) in [5.74, 6) is 0.912. The Kier molecular flexibility index (Phi) is 4.19. The number of carbonyl (C=O) groups excluding carboxylic acids is 2. The molecule has 1 aliphatic heterocycles. The summed E-state index contributed by atoms with van der Waals surface area (Å²) in [5.41, 5.74) is 0. The molecule has 0 saturated carbocycles. The van der Waals surface area contributed by atoms with E-state index in [-0.39, 0.29) is 17.7 Å². The normalized spacial score (nSPS) is 19.2. The average molecular weight is 264 g/mol. The fourth-order valence-corrected chi connectivity index (χ4v) is 2.27.